The molecule has 10 nitrogen and oxygen atoms in total. The summed E-state index contributed by atoms with van der Waals surface area (Å²) < 4.78 is 11.0. The molecule has 2 fully saturated rings. The van der Waals surface area contributed by atoms with Crippen molar-refractivity contribution in [2.24, 2.45) is 11.0 Å². The van der Waals surface area contributed by atoms with Gasteiger partial charge in [-0.3, -0.25) is 5.43 Å². The number of nitrogens with one attached hydrogen (secondary N) is 3. The quantitative estimate of drug-likeness (QED) is 0.269. The fraction of sp³-hybridized carbons (Fsp3) is 0.360. The van der Waals surface area contributed by atoms with Crippen LogP contribution in [-0.2, 0) is 11.3 Å². The van der Waals surface area contributed by atoms with Crippen LogP contribution >= 0.6 is 11.6 Å². The van der Waals surface area contributed by atoms with E-state index >= 15 is 0 Å². The summed E-state index contributed by atoms with van der Waals surface area (Å²) in [5.41, 5.74) is 4.80. The van der Waals surface area contributed by atoms with Crippen LogP contribution in [0.3, 0.4) is 0 Å². The maximum atomic E-state index is 6.78. The number of hydrazone groups is 1. The summed E-state index contributed by atoms with van der Waals surface area (Å²) in [6.07, 6.45) is 6.19. The average molecular weight is 509 g/mol. The van der Waals surface area contributed by atoms with Crippen molar-refractivity contribution in [3.05, 3.63) is 59.1 Å². The summed E-state index contributed by atoms with van der Waals surface area (Å²) in [6, 6.07) is 11.8. The standard InChI is InChI=1S/C25H29ClN8O2/c1-2-21(32-28-15-17-8-9-17)29-23-22(26)24(34-10-12-35-13-11-34)31-25(30-23)27-16-19-14-20(33-36-19)18-6-4-3-5-7-18/h2-7,14-15,17,32H,8-13,16H2,1H3,(H2,27,29,30,31)/b21-2-,28-15+. The molecule has 3 aromatic rings. The summed E-state index contributed by atoms with van der Waals surface area (Å²) in [5.74, 6) is 3.44. The first-order chi connectivity index (χ1) is 17.7. The first-order valence-electron chi connectivity index (χ1n) is 12.1. The fourth-order valence-corrected chi connectivity index (χ4v) is 3.89. The molecule has 1 saturated heterocycles. The highest BCUT2D eigenvalue weighted by Crippen LogP contribution is 2.33. The molecule has 0 amide bonds. The monoisotopic (exact) mass is 508 g/mol. The van der Waals surface area contributed by atoms with Crippen molar-refractivity contribution < 1.29 is 9.26 Å². The van der Waals surface area contributed by atoms with Crippen LogP contribution in [0.5, 0.6) is 0 Å². The summed E-state index contributed by atoms with van der Waals surface area (Å²) in [5, 5.41) is 15.4. The number of hydrogen-bond donors (Lipinski definition) is 3. The molecule has 36 heavy (non-hydrogen) atoms. The molecule has 0 unspecified atom stereocenters. The zero-order chi connectivity index (χ0) is 24.7. The molecule has 1 aliphatic heterocycles. The molecule has 188 valence electrons. The van der Waals surface area contributed by atoms with E-state index in [-0.39, 0.29) is 0 Å². The van der Waals surface area contributed by atoms with Crippen molar-refractivity contribution >= 4 is 35.4 Å². The van der Waals surface area contributed by atoms with Crippen molar-refractivity contribution in [3.8, 4) is 11.3 Å². The van der Waals surface area contributed by atoms with Gasteiger partial charge in [0.1, 0.15) is 16.5 Å². The minimum atomic E-state index is 0.365. The molecule has 2 aromatic heterocycles. The summed E-state index contributed by atoms with van der Waals surface area (Å²) in [6.45, 7) is 4.89. The lowest BCUT2D eigenvalue weighted by molar-refractivity contribution is 0.122. The van der Waals surface area contributed by atoms with E-state index in [1.54, 1.807) is 0 Å². The van der Waals surface area contributed by atoms with Crippen LogP contribution in [0.15, 0.2) is 57.9 Å². The predicted molar refractivity (Wildman–Crippen MR) is 141 cm³/mol. The third-order valence-electron chi connectivity index (χ3n) is 5.83. The van der Waals surface area contributed by atoms with Crippen LogP contribution in [0.1, 0.15) is 25.5 Å². The first-order valence-corrected chi connectivity index (χ1v) is 12.4. The van der Waals surface area contributed by atoms with E-state index in [1.165, 1.54) is 12.8 Å². The predicted octanol–water partition coefficient (Wildman–Crippen LogP) is 4.49. The van der Waals surface area contributed by atoms with Crippen LogP contribution in [0.4, 0.5) is 17.6 Å². The van der Waals surface area contributed by atoms with Gasteiger partial charge in [0, 0.05) is 30.9 Å². The Kier molecular flexibility index (Phi) is 7.63. The smallest absolute Gasteiger partial charge is 0.227 e. The molecule has 11 heteroatoms. The van der Waals surface area contributed by atoms with Gasteiger partial charge in [-0.05, 0) is 31.8 Å². The Morgan fingerprint density at radius 2 is 2.00 bits per heavy atom. The minimum absolute atomic E-state index is 0.365. The van der Waals surface area contributed by atoms with Crippen molar-refractivity contribution in [1.29, 1.82) is 0 Å². The molecule has 3 N–H and O–H groups in total. The van der Waals surface area contributed by atoms with Crippen LogP contribution in [0.2, 0.25) is 5.02 Å². The number of aromatic nitrogens is 3. The molecule has 1 aromatic carbocycles. The lowest BCUT2D eigenvalue weighted by Gasteiger charge is -2.29. The molecule has 5 rings (SSSR count). The average Bonchev–Trinajstić information content (AvgIpc) is 3.63. The molecule has 0 atom stereocenters. The van der Waals surface area contributed by atoms with E-state index in [4.69, 9.17) is 25.8 Å². The fourth-order valence-electron chi connectivity index (χ4n) is 3.64. The van der Waals surface area contributed by atoms with E-state index in [9.17, 15) is 0 Å². The Morgan fingerprint density at radius 3 is 2.75 bits per heavy atom. The largest absolute Gasteiger partial charge is 0.378 e. The highest BCUT2D eigenvalue weighted by atomic mass is 35.5. The van der Waals surface area contributed by atoms with Gasteiger partial charge in [0.05, 0.1) is 19.8 Å². The Hall–Kier alpha value is -3.63. The molecule has 0 bridgehead atoms. The number of benzene rings is 1. The molecule has 0 spiro atoms. The SMILES string of the molecule is C/C=C(\N/N=C/C1CC1)Nc1nc(NCc2cc(-c3ccccc3)no2)nc(N2CCOCC2)c1Cl. The number of anilines is 3. The van der Waals surface area contributed by atoms with Gasteiger partial charge in [-0.2, -0.15) is 15.1 Å². The van der Waals surface area contributed by atoms with E-state index in [1.807, 2.05) is 55.6 Å². The van der Waals surface area contributed by atoms with Gasteiger partial charge in [-0.25, -0.2) is 0 Å². The number of halogens is 1. The Balaban J connectivity index is 1.34. The highest BCUT2D eigenvalue weighted by Gasteiger charge is 2.22. The third kappa shape index (κ3) is 6.13. The zero-order valence-corrected chi connectivity index (χ0v) is 20.8. The Bertz CT molecular complexity index is 1220. The number of hydrogen-bond acceptors (Lipinski definition) is 10. The maximum Gasteiger partial charge on any atom is 0.227 e. The van der Waals surface area contributed by atoms with E-state index in [2.05, 4.69) is 36.2 Å². The van der Waals surface area contributed by atoms with Gasteiger partial charge < -0.3 is 24.8 Å². The third-order valence-corrected chi connectivity index (χ3v) is 6.18. The number of rotatable bonds is 10. The number of nitrogens with zero attached hydrogens (tertiary/aromatic N) is 5. The molecular weight excluding hydrogens is 480 g/mol. The van der Waals surface area contributed by atoms with Gasteiger partial charge in [-0.15, -0.1) is 0 Å². The molecular formula is C25H29ClN8O2. The van der Waals surface area contributed by atoms with E-state index in [0.29, 0.717) is 73.0 Å². The van der Waals surface area contributed by atoms with E-state index < -0.39 is 0 Å². The second kappa shape index (κ2) is 11.4. The van der Waals surface area contributed by atoms with Crippen LogP contribution in [0.25, 0.3) is 11.3 Å². The number of morpholine rings is 1. The summed E-state index contributed by atoms with van der Waals surface area (Å²) in [7, 11) is 0. The zero-order valence-electron chi connectivity index (χ0n) is 20.1. The van der Waals surface area contributed by atoms with Crippen molar-refractivity contribution in [2.75, 3.05) is 41.8 Å². The molecule has 2 aliphatic rings. The summed E-state index contributed by atoms with van der Waals surface area (Å²) in [4.78, 5) is 11.4. The van der Waals surface area contributed by atoms with Crippen LogP contribution in [-0.4, -0.2) is 47.6 Å². The Morgan fingerprint density at radius 1 is 1.19 bits per heavy atom. The number of ether oxygens (including phenoxy) is 1. The van der Waals surface area contributed by atoms with Crippen LogP contribution in [0, 0.1) is 5.92 Å². The van der Waals surface area contributed by atoms with Gasteiger partial charge in [0.15, 0.2) is 17.4 Å². The lowest BCUT2D eigenvalue weighted by atomic mass is 10.1. The second-order valence-corrected chi connectivity index (χ2v) is 8.96. The first kappa shape index (κ1) is 24.1. The highest BCUT2D eigenvalue weighted by molar-refractivity contribution is 6.35. The molecule has 1 saturated carbocycles. The second-order valence-electron chi connectivity index (χ2n) is 8.59. The topological polar surface area (TPSA) is 113 Å². The van der Waals surface area contributed by atoms with Gasteiger partial charge in [0.25, 0.3) is 0 Å². The van der Waals surface area contributed by atoms with Crippen molar-refractivity contribution in [3.63, 3.8) is 0 Å². The molecule has 3 heterocycles. The van der Waals surface area contributed by atoms with E-state index in [0.717, 1.165) is 11.3 Å². The molecule has 0 radical (unpaired) electrons. The maximum absolute atomic E-state index is 6.78. The molecule has 1 aliphatic carbocycles. The van der Waals surface area contributed by atoms with Gasteiger partial charge in [0.2, 0.25) is 5.95 Å². The van der Waals surface area contributed by atoms with Crippen molar-refractivity contribution in [2.45, 2.75) is 26.3 Å². The minimum Gasteiger partial charge on any atom is -0.378 e. The summed E-state index contributed by atoms with van der Waals surface area (Å²) >= 11 is 6.78. The van der Waals surface area contributed by atoms with Crippen LogP contribution < -0.4 is 21.0 Å². The van der Waals surface area contributed by atoms with Gasteiger partial charge >= 0.3 is 0 Å². The van der Waals surface area contributed by atoms with Crippen molar-refractivity contribution in [1.82, 2.24) is 20.6 Å². The Labute approximate surface area is 214 Å². The lowest BCUT2D eigenvalue weighted by Crippen LogP contribution is -2.37. The number of allylic oxidation sites excluding steroid dienone is 1. The normalized spacial score (nSPS) is 16.4. The van der Waals surface area contributed by atoms with Gasteiger partial charge in [-0.1, -0.05) is 47.1 Å².